The van der Waals surface area contributed by atoms with Crippen molar-refractivity contribution >= 4 is 34.8 Å². The summed E-state index contributed by atoms with van der Waals surface area (Å²) in [6.07, 6.45) is 0.977. The third-order valence-corrected chi connectivity index (χ3v) is 3.65. The van der Waals surface area contributed by atoms with Crippen molar-refractivity contribution in [2.45, 2.75) is 12.5 Å². The second kappa shape index (κ2) is 4.92. The van der Waals surface area contributed by atoms with E-state index in [0.29, 0.717) is 21.8 Å². The molecule has 0 radical (unpaired) electrons. The fourth-order valence-corrected chi connectivity index (χ4v) is 2.59. The summed E-state index contributed by atoms with van der Waals surface area (Å²) in [6.45, 7) is 0.741. The summed E-state index contributed by atoms with van der Waals surface area (Å²) >= 11 is 17.9. The van der Waals surface area contributed by atoms with Crippen molar-refractivity contribution in [2.75, 3.05) is 12.5 Å². The lowest BCUT2D eigenvalue weighted by Gasteiger charge is -2.18. The van der Waals surface area contributed by atoms with Gasteiger partial charge in [-0.05, 0) is 24.6 Å². The van der Waals surface area contributed by atoms with Crippen molar-refractivity contribution in [3.63, 3.8) is 0 Å². The van der Waals surface area contributed by atoms with Crippen LogP contribution in [0.1, 0.15) is 18.1 Å². The second-order valence-electron chi connectivity index (χ2n) is 3.66. The Labute approximate surface area is 104 Å². The van der Waals surface area contributed by atoms with Crippen LogP contribution in [-0.2, 0) is 4.74 Å². The number of ether oxygens (including phenoxy) is 1. The van der Waals surface area contributed by atoms with Crippen LogP contribution in [0.25, 0.3) is 0 Å². The summed E-state index contributed by atoms with van der Waals surface area (Å²) in [7, 11) is 0. The van der Waals surface area contributed by atoms with Crippen LogP contribution in [-0.4, -0.2) is 12.5 Å². The van der Waals surface area contributed by atoms with Gasteiger partial charge in [-0.15, -0.1) is 11.6 Å². The lowest BCUT2D eigenvalue weighted by molar-refractivity contribution is 0.0952. The molecule has 1 fully saturated rings. The van der Waals surface area contributed by atoms with Crippen LogP contribution >= 0.6 is 34.8 Å². The van der Waals surface area contributed by atoms with Gasteiger partial charge in [0, 0.05) is 34.0 Å². The highest BCUT2D eigenvalue weighted by molar-refractivity contribution is 6.33. The highest BCUT2D eigenvalue weighted by atomic mass is 35.5. The molecule has 4 heteroatoms. The van der Waals surface area contributed by atoms with Crippen molar-refractivity contribution in [1.82, 2.24) is 0 Å². The molecule has 1 aliphatic rings. The second-order valence-corrected chi connectivity index (χ2v) is 4.81. The molecule has 15 heavy (non-hydrogen) atoms. The van der Waals surface area contributed by atoms with E-state index in [9.17, 15) is 0 Å². The minimum atomic E-state index is -0.00583. The molecular weight excluding hydrogens is 254 g/mol. The molecule has 1 heterocycles. The number of rotatable bonds is 2. The largest absolute Gasteiger partial charge is 0.373 e. The zero-order valence-electron chi connectivity index (χ0n) is 8.05. The van der Waals surface area contributed by atoms with E-state index in [-0.39, 0.29) is 6.10 Å². The van der Waals surface area contributed by atoms with E-state index >= 15 is 0 Å². The van der Waals surface area contributed by atoms with Gasteiger partial charge in [-0.25, -0.2) is 0 Å². The first-order valence-corrected chi connectivity index (χ1v) is 6.14. The van der Waals surface area contributed by atoms with Gasteiger partial charge in [0.15, 0.2) is 0 Å². The van der Waals surface area contributed by atoms with Crippen molar-refractivity contribution in [1.29, 1.82) is 0 Å². The molecule has 2 unspecified atom stereocenters. The summed E-state index contributed by atoms with van der Waals surface area (Å²) < 4.78 is 5.65. The summed E-state index contributed by atoms with van der Waals surface area (Å²) in [5.74, 6) is 0.927. The Balaban J connectivity index is 2.31. The summed E-state index contributed by atoms with van der Waals surface area (Å²) in [5.41, 5.74) is 0.951. The lowest BCUT2D eigenvalue weighted by Crippen LogP contribution is -2.09. The van der Waals surface area contributed by atoms with Crippen molar-refractivity contribution < 1.29 is 4.74 Å². The Morgan fingerprint density at radius 2 is 2.13 bits per heavy atom. The topological polar surface area (TPSA) is 9.23 Å². The number of benzene rings is 1. The molecule has 1 aromatic rings. The zero-order valence-corrected chi connectivity index (χ0v) is 10.3. The molecule has 0 bridgehead atoms. The molecular formula is C11H11Cl3O. The first-order valence-electron chi connectivity index (χ1n) is 4.85. The predicted molar refractivity (Wildman–Crippen MR) is 64.0 cm³/mol. The van der Waals surface area contributed by atoms with Gasteiger partial charge < -0.3 is 4.74 Å². The fourth-order valence-electron chi connectivity index (χ4n) is 1.87. The molecule has 0 aromatic heterocycles. The Morgan fingerprint density at radius 1 is 1.33 bits per heavy atom. The number of alkyl halides is 1. The summed E-state index contributed by atoms with van der Waals surface area (Å²) in [4.78, 5) is 0. The molecule has 0 amide bonds. The summed E-state index contributed by atoms with van der Waals surface area (Å²) in [5, 5.41) is 1.37. The van der Waals surface area contributed by atoms with Gasteiger partial charge in [0.1, 0.15) is 0 Å². The molecule has 0 N–H and O–H groups in total. The maximum absolute atomic E-state index is 6.12. The third-order valence-electron chi connectivity index (χ3n) is 2.68. The van der Waals surface area contributed by atoms with Crippen LogP contribution in [0.5, 0.6) is 0 Å². The van der Waals surface area contributed by atoms with Gasteiger partial charge >= 0.3 is 0 Å². The van der Waals surface area contributed by atoms with Gasteiger partial charge in [0.05, 0.1) is 6.10 Å². The van der Waals surface area contributed by atoms with Crippen LogP contribution in [0.4, 0.5) is 0 Å². The van der Waals surface area contributed by atoms with Gasteiger partial charge in [-0.1, -0.05) is 23.2 Å². The number of hydrogen-bond acceptors (Lipinski definition) is 1. The van der Waals surface area contributed by atoms with E-state index < -0.39 is 0 Å². The van der Waals surface area contributed by atoms with Crippen molar-refractivity contribution in [3.8, 4) is 0 Å². The number of hydrogen-bond donors (Lipinski definition) is 0. The monoisotopic (exact) mass is 264 g/mol. The molecule has 1 aromatic carbocycles. The first-order chi connectivity index (χ1) is 7.22. The van der Waals surface area contributed by atoms with E-state index in [4.69, 9.17) is 39.5 Å². The normalized spacial score (nSPS) is 25.8. The van der Waals surface area contributed by atoms with Gasteiger partial charge in [0.2, 0.25) is 0 Å². The average Bonchev–Trinajstić information content (AvgIpc) is 2.69. The maximum Gasteiger partial charge on any atom is 0.0880 e. The summed E-state index contributed by atoms with van der Waals surface area (Å²) in [6, 6.07) is 5.43. The third kappa shape index (κ3) is 2.42. The minimum absolute atomic E-state index is 0.00583. The Morgan fingerprint density at radius 3 is 2.87 bits per heavy atom. The standard InChI is InChI=1S/C11H11Cl3O/c12-6-7-3-4-15-11(7)9-5-8(13)1-2-10(9)14/h1-2,5,7,11H,3-4,6H2. The average molecular weight is 266 g/mol. The van der Waals surface area contributed by atoms with Gasteiger partial charge in [-0.2, -0.15) is 0 Å². The van der Waals surface area contributed by atoms with Crippen molar-refractivity contribution in [2.24, 2.45) is 5.92 Å². The molecule has 0 spiro atoms. The van der Waals surface area contributed by atoms with Gasteiger partial charge in [0.25, 0.3) is 0 Å². The number of halogens is 3. The molecule has 82 valence electrons. The van der Waals surface area contributed by atoms with Crippen LogP contribution < -0.4 is 0 Å². The zero-order chi connectivity index (χ0) is 10.8. The smallest absolute Gasteiger partial charge is 0.0880 e. The van der Waals surface area contributed by atoms with Crippen molar-refractivity contribution in [3.05, 3.63) is 33.8 Å². The quantitative estimate of drug-likeness (QED) is 0.724. The minimum Gasteiger partial charge on any atom is -0.373 e. The molecule has 1 aliphatic heterocycles. The van der Waals surface area contributed by atoms with Crippen LogP contribution in [0.15, 0.2) is 18.2 Å². The van der Waals surface area contributed by atoms with E-state index in [1.807, 2.05) is 6.07 Å². The molecule has 0 aliphatic carbocycles. The maximum atomic E-state index is 6.12. The molecule has 1 nitrogen and oxygen atoms in total. The fraction of sp³-hybridized carbons (Fsp3) is 0.455. The highest BCUT2D eigenvalue weighted by Crippen LogP contribution is 2.39. The van der Waals surface area contributed by atoms with E-state index in [2.05, 4.69) is 0 Å². The van der Waals surface area contributed by atoms with E-state index in [1.165, 1.54) is 0 Å². The molecule has 2 rings (SSSR count). The Hall–Kier alpha value is 0.0500. The van der Waals surface area contributed by atoms with E-state index in [0.717, 1.165) is 18.6 Å². The van der Waals surface area contributed by atoms with Crippen LogP contribution in [0.2, 0.25) is 10.0 Å². The highest BCUT2D eigenvalue weighted by Gasteiger charge is 2.30. The predicted octanol–water partition coefficient (Wildman–Crippen LogP) is 4.31. The molecule has 0 saturated carbocycles. The van der Waals surface area contributed by atoms with E-state index in [1.54, 1.807) is 12.1 Å². The first kappa shape index (κ1) is 11.5. The Bertz CT molecular complexity index is 354. The lowest BCUT2D eigenvalue weighted by atomic mass is 9.97. The molecule has 1 saturated heterocycles. The molecule has 2 atom stereocenters. The van der Waals surface area contributed by atoms with Crippen LogP contribution in [0, 0.1) is 5.92 Å². The Kier molecular flexibility index (Phi) is 3.78. The van der Waals surface area contributed by atoms with Crippen LogP contribution in [0.3, 0.4) is 0 Å². The van der Waals surface area contributed by atoms with Gasteiger partial charge in [-0.3, -0.25) is 0 Å². The SMILES string of the molecule is ClCC1CCOC1c1cc(Cl)ccc1Cl.